The first-order valence-electron chi connectivity index (χ1n) is 8.00. The SMILES string of the molecule is CCCCOc1ccc(CC(CN)c2ccc(F)c(F)c2)cc1. The van der Waals surface area contributed by atoms with Crippen LogP contribution in [0, 0.1) is 11.6 Å². The van der Waals surface area contributed by atoms with Gasteiger partial charge in [-0.2, -0.15) is 0 Å². The molecule has 0 spiro atoms. The first kappa shape index (κ1) is 17.4. The van der Waals surface area contributed by atoms with Crippen molar-refractivity contribution in [2.75, 3.05) is 13.2 Å². The summed E-state index contributed by atoms with van der Waals surface area (Å²) < 4.78 is 32.1. The summed E-state index contributed by atoms with van der Waals surface area (Å²) in [7, 11) is 0. The lowest BCUT2D eigenvalue weighted by Crippen LogP contribution is -2.15. The van der Waals surface area contributed by atoms with Gasteiger partial charge in [0, 0.05) is 5.92 Å². The van der Waals surface area contributed by atoms with Gasteiger partial charge in [0.1, 0.15) is 5.75 Å². The molecule has 0 aliphatic carbocycles. The number of hydrogen-bond acceptors (Lipinski definition) is 2. The Morgan fingerprint density at radius 3 is 2.39 bits per heavy atom. The van der Waals surface area contributed by atoms with Crippen LogP contribution in [-0.4, -0.2) is 13.2 Å². The third kappa shape index (κ3) is 5.03. The minimum atomic E-state index is -0.835. The van der Waals surface area contributed by atoms with Gasteiger partial charge in [-0.1, -0.05) is 31.5 Å². The smallest absolute Gasteiger partial charge is 0.159 e. The van der Waals surface area contributed by atoms with Crippen LogP contribution in [0.15, 0.2) is 42.5 Å². The van der Waals surface area contributed by atoms with Gasteiger partial charge < -0.3 is 10.5 Å². The molecular weight excluding hydrogens is 296 g/mol. The molecule has 0 aliphatic heterocycles. The molecule has 0 aliphatic rings. The molecule has 0 fully saturated rings. The van der Waals surface area contributed by atoms with E-state index in [0.29, 0.717) is 13.0 Å². The second kappa shape index (κ2) is 8.63. The second-order valence-corrected chi connectivity index (χ2v) is 5.66. The average Bonchev–Trinajstić information content (AvgIpc) is 2.57. The monoisotopic (exact) mass is 319 g/mol. The highest BCUT2D eigenvalue weighted by Gasteiger charge is 2.13. The van der Waals surface area contributed by atoms with Crippen molar-refractivity contribution in [1.29, 1.82) is 0 Å². The molecule has 23 heavy (non-hydrogen) atoms. The summed E-state index contributed by atoms with van der Waals surface area (Å²) in [6.45, 7) is 3.22. The van der Waals surface area contributed by atoms with E-state index in [-0.39, 0.29) is 5.92 Å². The van der Waals surface area contributed by atoms with Crippen LogP contribution in [0.3, 0.4) is 0 Å². The van der Waals surface area contributed by atoms with Crippen molar-refractivity contribution in [2.45, 2.75) is 32.1 Å². The van der Waals surface area contributed by atoms with Crippen LogP contribution in [0.5, 0.6) is 5.75 Å². The lowest BCUT2D eigenvalue weighted by atomic mass is 9.92. The van der Waals surface area contributed by atoms with Gasteiger partial charge in [0.25, 0.3) is 0 Å². The highest BCUT2D eigenvalue weighted by atomic mass is 19.2. The van der Waals surface area contributed by atoms with Gasteiger partial charge in [-0.25, -0.2) is 8.78 Å². The quantitative estimate of drug-likeness (QED) is 0.731. The lowest BCUT2D eigenvalue weighted by molar-refractivity contribution is 0.309. The summed E-state index contributed by atoms with van der Waals surface area (Å²) in [6, 6.07) is 11.8. The fraction of sp³-hybridized carbons (Fsp3) is 0.368. The van der Waals surface area contributed by atoms with Crippen molar-refractivity contribution >= 4 is 0 Å². The van der Waals surface area contributed by atoms with Crippen LogP contribution in [0.4, 0.5) is 8.78 Å². The zero-order valence-corrected chi connectivity index (χ0v) is 13.4. The third-order valence-corrected chi connectivity index (χ3v) is 3.87. The fourth-order valence-corrected chi connectivity index (χ4v) is 2.44. The van der Waals surface area contributed by atoms with E-state index in [9.17, 15) is 8.78 Å². The minimum absolute atomic E-state index is 0.0445. The maximum atomic E-state index is 13.4. The molecule has 2 aromatic carbocycles. The molecule has 124 valence electrons. The number of nitrogens with two attached hydrogens (primary N) is 1. The van der Waals surface area contributed by atoms with E-state index in [1.54, 1.807) is 6.07 Å². The molecule has 0 heterocycles. The molecule has 2 N–H and O–H groups in total. The maximum Gasteiger partial charge on any atom is 0.159 e. The molecule has 2 nitrogen and oxygen atoms in total. The minimum Gasteiger partial charge on any atom is -0.494 e. The summed E-state index contributed by atoms with van der Waals surface area (Å²) in [4.78, 5) is 0. The molecule has 0 radical (unpaired) electrons. The van der Waals surface area contributed by atoms with Gasteiger partial charge in [0.2, 0.25) is 0 Å². The van der Waals surface area contributed by atoms with Gasteiger partial charge in [-0.05, 0) is 54.8 Å². The number of rotatable bonds is 8. The molecule has 0 bridgehead atoms. The molecule has 1 atom stereocenters. The zero-order valence-electron chi connectivity index (χ0n) is 13.4. The lowest BCUT2D eigenvalue weighted by Gasteiger charge is -2.16. The Morgan fingerprint density at radius 1 is 1.04 bits per heavy atom. The highest BCUT2D eigenvalue weighted by Crippen LogP contribution is 2.23. The normalized spacial score (nSPS) is 12.2. The average molecular weight is 319 g/mol. The van der Waals surface area contributed by atoms with E-state index in [2.05, 4.69) is 6.92 Å². The number of ether oxygens (including phenoxy) is 1. The largest absolute Gasteiger partial charge is 0.494 e. The first-order valence-corrected chi connectivity index (χ1v) is 8.00. The fourth-order valence-electron chi connectivity index (χ4n) is 2.44. The Hall–Kier alpha value is -1.94. The van der Waals surface area contributed by atoms with Crippen LogP contribution in [0.1, 0.15) is 36.8 Å². The molecule has 4 heteroatoms. The third-order valence-electron chi connectivity index (χ3n) is 3.87. The highest BCUT2D eigenvalue weighted by molar-refractivity contribution is 5.30. The predicted molar refractivity (Wildman–Crippen MR) is 88.7 cm³/mol. The van der Waals surface area contributed by atoms with Gasteiger partial charge in [-0.3, -0.25) is 0 Å². The van der Waals surface area contributed by atoms with Crippen molar-refractivity contribution in [2.24, 2.45) is 5.73 Å². The second-order valence-electron chi connectivity index (χ2n) is 5.66. The van der Waals surface area contributed by atoms with Crippen LogP contribution in [-0.2, 0) is 6.42 Å². The first-order chi connectivity index (χ1) is 11.1. The van der Waals surface area contributed by atoms with Crippen molar-refractivity contribution in [3.8, 4) is 5.75 Å². The van der Waals surface area contributed by atoms with Gasteiger partial charge in [-0.15, -0.1) is 0 Å². The number of halogens is 2. The van der Waals surface area contributed by atoms with E-state index in [1.165, 1.54) is 6.07 Å². The Bertz CT molecular complexity index is 613. The van der Waals surface area contributed by atoms with Gasteiger partial charge >= 0.3 is 0 Å². The Kier molecular flexibility index (Phi) is 6.53. The van der Waals surface area contributed by atoms with Crippen LogP contribution in [0.25, 0.3) is 0 Å². The summed E-state index contributed by atoms with van der Waals surface area (Å²) >= 11 is 0. The molecule has 0 saturated heterocycles. The molecule has 0 saturated carbocycles. The molecular formula is C19H23F2NO. The molecule has 2 aromatic rings. The van der Waals surface area contributed by atoms with E-state index < -0.39 is 11.6 Å². The van der Waals surface area contributed by atoms with E-state index >= 15 is 0 Å². The van der Waals surface area contributed by atoms with Crippen LogP contribution in [0.2, 0.25) is 0 Å². The van der Waals surface area contributed by atoms with Gasteiger partial charge in [0.05, 0.1) is 6.61 Å². The van der Waals surface area contributed by atoms with E-state index in [4.69, 9.17) is 10.5 Å². The summed E-state index contributed by atoms with van der Waals surface area (Å²) in [5, 5.41) is 0. The van der Waals surface area contributed by atoms with Crippen molar-refractivity contribution in [3.63, 3.8) is 0 Å². The molecule has 0 amide bonds. The number of unbranched alkanes of at least 4 members (excludes halogenated alkanes) is 1. The topological polar surface area (TPSA) is 35.2 Å². The van der Waals surface area contributed by atoms with E-state index in [1.807, 2.05) is 24.3 Å². The summed E-state index contributed by atoms with van der Waals surface area (Å²) in [5.41, 5.74) is 7.62. The van der Waals surface area contributed by atoms with Crippen LogP contribution >= 0.6 is 0 Å². The van der Waals surface area contributed by atoms with Crippen molar-refractivity contribution in [3.05, 3.63) is 65.2 Å². The molecule has 1 unspecified atom stereocenters. The summed E-state index contributed by atoms with van der Waals surface area (Å²) in [6.07, 6.45) is 2.81. The van der Waals surface area contributed by atoms with E-state index in [0.717, 1.165) is 42.4 Å². The van der Waals surface area contributed by atoms with Crippen molar-refractivity contribution < 1.29 is 13.5 Å². The van der Waals surface area contributed by atoms with Crippen molar-refractivity contribution in [1.82, 2.24) is 0 Å². The Morgan fingerprint density at radius 2 is 1.78 bits per heavy atom. The van der Waals surface area contributed by atoms with Gasteiger partial charge in [0.15, 0.2) is 11.6 Å². The van der Waals surface area contributed by atoms with Crippen LogP contribution < -0.4 is 10.5 Å². The summed E-state index contributed by atoms with van der Waals surface area (Å²) in [5.74, 6) is -0.866. The Balaban J connectivity index is 2.02. The zero-order chi connectivity index (χ0) is 16.7. The standard InChI is InChI=1S/C19H23F2NO/c1-2-3-10-23-17-7-4-14(5-8-17)11-16(13-22)15-6-9-18(20)19(21)12-15/h4-9,12,16H,2-3,10-11,13,22H2,1H3. The predicted octanol–water partition coefficient (Wildman–Crippen LogP) is 4.43. The molecule has 0 aromatic heterocycles. The number of benzene rings is 2. The maximum absolute atomic E-state index is 13.4. The Labute approximate surface area is 136 Å². The number of hydrogen-bond donors (Lipinski definition) is 1. The molecule has 2 rings (SSSR count).